The molecular weight excluding hydrogens is 458 g/mol. The minimum atomic E-state index is -0.131. The van der Waals surface area contributed by atoms with Crippen LogP contribution in [-0.2, 0) is 17.8 Å². The maximum atomic E-state index is 13.4. The Kier molecular flexibility index (Phi) is 6.72. The topological polar surface area (TPSA) is 73.0 Å². The largest absolute Gasteiger partial charge is 0.338 e. The van der Waals surface area contributed by atoms with Crippen molar-refractivity contribution in [2.24, 2.45) is 0 Å². The third kappa shape index (κ3) is 4.62. The Morgan fingerprint density at radius 2 is 1.77 bits per heavy atom. The van der Waals surface area contributed by atoms with Crippen LogP contribution in [0.2, 0.25) is 0 Å². The number of aromatic nitrogens is 4. The minimum Gasteiger partial charge on any atom is -0.338 e. The van der Waals surface area contributed by atoms with Gasteiger partial charge in [-0.2, -0.15) is 4.68 Å². The average Bonchev–Trinajstić information content (AvgIpc) is 3.06. The molecule has 5 rings (SSSR count). The summed E-state index contributed by atoms with van der Waals surface area (Å²) in [6, 6.07) is 19.5. The van der Waals surface area contributed by atoms with E-state index in [1.165, 1.54) is 16.4 Å². The van der Waals surface area contributed by atoms with Gasteiger partial charge in [0.25, 0.3) is 5.56 Å². The van der Waals surface area contributed by atoms with Crippen LogP contribution in [0.15, 0.2) is 70.6 Å². The van der Waals surface area contributed by atoms with Gasteiger partial charge in [0, 0.05) is 19.3 Å². The van der Waals surface area contributed by atoms with Crippen LogP contribution in [-0.4, -0.2) is 42.9 Å². The standard InChI is InChI=1S/C27H29N5O2S/c1-19(20-12-6-3-7-13-20)30(2)23(33)18-35-27-28-25-24(22-16-10-5-11-17-31(22)27)26(34)32(29-25)21-14-8-4-9-15-21/h3-4,6-9,12-15,19H,5,10-11,16-18H2,1-2H3. The van der Waals surface area contributed by atoms with Gasteiger partial charge in [0.1, 0.15) is 5.56 Å². The SMILES string of the molecule is CC(c1ccccc1)N(C)C(=O)CSc1nc2nn(-c3ccccc3)c(=O)c-2c2n1CCCCC2. The van der Waals surface area contributed by atoms with Gasteiger partial charge < -0.3 is 9.47 Å². The van der Waals surface area contributed by atoms with Crippen molar-refractivity contribution < 1.29 is 4.79 Å². The molecule has 0 N–H and O–H groups in total. The minimum absolute atomic E-state index is 0.0194. The van der Waals surface area contributed by atoms with Crippen LogP contribution < -0.4 is 5.56 Å². The van der Waals surface area contributed by atoms with Crippen molar-refractivity contribution >= 4 is 17.7 Å². The molecule has 1 atom stereocenters. The molecule has 2 aromatic carbocycles. The molecule has 7 nitrogen and oxygen atoms in total. The summed E-state index contributed by atoms with van der Waals surface area (Å²) in [4.78, 5) is 33.0. The van der Waals surface area contributed by atoms with E-state index >= 15 is 0 Å². The third-order valence-electron chi connectivity index (χ3n) is 6.75. The predicted octanol–water partition coefficient (Wildman–Crippen LogP) is 4.57. The lowest BCUT2D eigenvalue weighted by molar-refractivity contribution is -0.128. The molecule has 0 spiro atoms. The molecule has 180 valence electrons. The Balaban J connectivity index is 1.46. The number of thioether (sulfide) groups is 1. The van der Waals surface area contributed by atoms with Crippen molar-refractivity contribution in [1.29, 1.82) is 0 Å². The average molecular weight is 488 g/mol. The lowest BCUT2D eigenvalue weighted by Crippen LogP contribution is -2.31. The first-order valence-corrected chi connectivity index (χ1v) is 13.0. The highest BCUT2D eigenvalue weighted by atomic mass is 32.2. The molecule has 0 fully saturated rings. The van der Waals surface area contributed by atoms with Gasteiger partial charge in [-0.15, -0.1) is 5.10 Å². The zero-order valence-corrected chi connectivity index (χ0v) is 20.9. The molecule has 2 aromatic rings. The van der Waals surface area contributed by atoms with E-state index in [2.05, 4.69) is 9.67 Å². The van der Waals surface area contributed by atoms with E-state index in [0.29, 0.717) is 11.4 Å². The Labute approximate surface area is 209 Å². The van der Waals surface area contributed by atoms with Gasteiger partial charge in [-0.3, -0.25) is 9.59 Å². The Hall–Kier alpha value is -3.39. The van der Waals surface area contributed by atoms with Crippen molar-refractivity contribution in [3.05, 3.63) is 82.3 Å². The smallest absolute Gasteiger partial charge is 0.284 e. The van der Waals surface area contributed by atoms with E-state index in [4.69, 9.17) is 4.98 Å². The number of rotatable bonds is 6. The number of carbonyl (C=O) groups is 1. The summed E-state index contributed by atoms with van der Waals surface area (Å²) in [6.45, 7) is 2.83. The molecule has 0 aromatic heterocycles. The molecule has 0 aliphatic carbocycles. The molecule has 0 saturated carbocycles. The zero-order chi connectivity index (χ0) is 24.4. The molecule has 1 unspecified atom stereocenters. The van der Waals surface area contributed by atoms with Crippen molar-refractivity contribution in [3.63, 3.8) is 0 Å². The first-order valence-electron chi connectivity index (χ1n) is 12.1. The number of hydrogen-bond donors (Lipinski definition) is 0. The van der Waals surface area contributed by atoms with Gasteiger partial charge in [-0.05, 0) is 43.9 Å². The molecule has 3 aliphatic heterocycles. The molecule has 1 amide bonds. The molecule has 8 heteroatoms. The maximum absolute atomic E-state index is 13.4. The highest BCUT2D eigenvalue weighted by molar-refractivity contribution is 7.99. The van der Waals surface area contributed by atoms with Gasteiger partial charge in [0.05, 0.1) is 17.5 Å². The summed E-state index contributed by atoms with van der Waals surface area (Å²) in [6.07, 6.45) is 3.96. The summed E-state index contributed by atoms with van der Waals surface area (Å²) in [5.74, 6) is 0.762. The van der Waals surface area contributed by atoms with Crippen molar-refractivity contribution in [2.45, 2.75) is 50.4 Å². The molecule has 0 bridgehead atoms. The Morgan fingerprint density at radius 1 is 1.06 bits per heavy atom. The molecule has 35 heavy (non-hydrogen) atoms. The maximum Gasteiger partial charge on any atom is 0.284 e. The number of amides is 1. The summed E-state index contributed by atoms with van der Waals surface area (Å²) >= 11 is 1.43. The number of fused-ring (bicyclic) bond motifs is 3. The second kappa shape index (κ2) is 10.1. The lowest BCUT2D eigenvalue weighted by Gasteiger charge is -2.25. The Morgan fingerprint density at radius 3 is 2.51 bits per heavy atom. The van der Waals surface area contributed by atoms with Crippen LogP contribution in [0, 0.1) is 0 Å². The van der Waals surface area contributed by atoms with Gasteiger partial charge in [0.15, 0.2) is 11.0 Å². The van der Waals surface area contributed by atoms with Crippen LogP contribution in [0.4, 0.5) is 0 Å². The van der Waals surface area contributed by atoms with E-state index in [1.807, 2.05) is 74.6 Å². The second-order valence-electron chi connectivity index (χ2n) is 8.93. The quantitative estimate of drug-likeness (QED) is 0.294. The van der Waals surface area contributed by atoms with Gasteiger partial charge >= 0.3 is 0 Å². The molecule has 0 saturated heterocycles. The molecule has 3 heterocycles. The summed E-state index contributed by atoms with van der Waals surface area (Å²) in [5.41, 5.74) is 3.28. The van der Waals surface area contributed by atoms with E-state index in [1.54, 1.807) is 4.90 Å². The van der Waals surface area contributed by atoms with Crippen molar-refractivity contribution in [1.82, 2.24) is 24.2 Å². The number of carbonyl (C=O) groups excluding carboxylic acids is 1. The van der Waals surface area contributed by atoms with Crippen LogP contribution >= 0.6 is 11.8 Å². The van der Waals surface area contributed by atoms with Crippen molar-refractivity contribution in [2.75, 3.05) is 12.8 Å². The molecule has 0 radical (unpaired) electrons. The monoisotopic (exact) mass is 487 g/mol. The summed E-state index contributed by atoms with van der Waals surface area (Å²) in [7, 11) is 1.84. The third-order valence-corrected chi connectivity index (χ3v) is 7.71. The van der Waals surface area contributed by atoms with Gasteiger partial charge in [0.2, 0.25) is 5.91 Å². The lowest BCUT2D eigenvalue weighted by atomic mass is 10.1. The fraction of sp³-hybridized carbons (Fsp3) is 0.333. The Bertz CT molecular complexity index is 1350. The predicted molar refractivity (Wildman–Crippen MR) is 138 cm³/mol. The zero-order valence-electron chi connectivity index (χ0n) is 20.1. The van der Waals surface area contributed by atoms with E-state index in [-0.39, 0.29) is 23.3 Å². The highest BCUT2D eigenvalue weighted by Gasteiger charge is 2.27. The van der Waals surface area contributed by atoms with Crippen LogP contribution in [0.1, 0.15) is 43.5 Å². The second-order valence-corrected chi connectivity index (χ2v) is 9.88. The van der Waals surface area contributed by atoms with E-state index in [0.717, 1.165) is 54.3 Å². The van der Waals surface area contributed by atoms with E-state index < -0.39 is 0 Å². The molecule has 3 aliphatic rings. The first-order chi connectivity index (χ1) is 17.0. The van der Waals surface area contributed by atoms with E-state index in [9.17, 15) is 9.59 Å². The van der Waals surface area contributed by atoms with Crippen LogP contribution in [0.5, 0.6) is 0 Å². The fourth-order valence-electron chi connectivity index (χ4n) is 4.61. The number of para-hydroxylation sites is 1. The van der Waals surface area contributed by atoms with Crippen LogP contribution in [0.3, 0.4) is 0 Å². The number of nitrogens with zero attached hydrogens (tertiary/aromatic N) is 5. The first kappa shape index (κ1) is 23.4. The summed E-state index contributed by atoms with van der Waals surface area (Å²) < 4.78 is 3.59. The molecular formula is C27H29N5O2S. The van der Waals surface area contributed by atoms with Crippen molar-refractivity contribution in [3.8, 4) is 17.1 Å². The van der Waals surface area contributed by atoms with Crippen LogP contribution in [0.25, 0.3) is 17.1 Å². The number of benzene rings is 2. The summed E-state index contributed by atoms with van der Waals surface area (Å²) in [5, 5.41) is 5.33. The number of hydrogen-bond acceptors (Lipinski definition) is 5. The normalized spacial score (nSPS) is 14.3. The highest BCUT2D eigenvalue weighted by Crippen LogP contribution is 2.31. The van der Waals surface area contributed by atoms with Gasteiger partial charge in [-0.1, -0.05) is 66.7 Å². The van der Waals surface area contributed by atoms with Gasteiger partial charge in [-0.25, -0.2) is 4.98 Å². The fourth-order valence-corrected chi connectivity index (χ4v) is 5.57.